The second-order valence-electron chi connectivity index (χ2n) is 5.22. The summed E-state index contributed by atoms with van der Waals surface area (Å²) in [7, 11) is 0. The van der Waals surface area contributed by atoms with Crippen molar-refractivity contribution in [1.82, 2.24) is 4.98 Å². The van der Waals surface area contributed by atoms with Gasteiger partial charge < -0.3 is 11.1 Å². The van der Waals surface area contributed by atoms with Crippen LogP contribution < -0.4 is 11.1 Å². The molecule has 4 atom stereocenters. The first-order chi connectivity index (χ1) is 8.15. The average Bonchev–Trinajstić information content (AvgIpc) is 2.94. The highest BCUT2D eigenvalue weighted by Crippen LogP contribution is 2.47. The fourth-order valence-corrected chi connectivity index (χ4v) is 4.02. The molecule has 2 fully saturated rings. The van der Waals surface area contributed by atoms with E-state index in [0.29, 0.717) is 17.0 Å². The number of hydrogen-bond acceptors (Lipinski definition) is 4. The van der Waals surface area contributed by atoms with Crippen molar-refractivity contribution >= 4 is 34.8 Å². The quantitative estimate of drug-likeness (QED) is 0.876. The molecule has 1 amide bonds. The average molecular weight is 288 g/mol. The molecule has 1 aromatic heterocycles. The molecule has 100 valence electrons. The molecule has 2 bridgehead atoms. The predicted octanol–water partition coefficient (Wildman–Crippen LogP) is 2.19. The number of thiazole rings is 1. The fourth-order valence-electron chi connectivity index (χ4n) is 3.32. The molecule has 0 saturated heterocycles. The number of fused-ring (bicyclic) bond motifs is 2. The maximum absolute atomic E-state index is 12.2. The van der Waals surface area contributed by atoms with Gasteiger partial charge in [-0.1, -0.05) is 0 Å². The first kappa shape index (κ1) is 13.8. The van der Waals surface area contributed by atoms with Gasteiger partial charge >= 0.3 is 0 Å². The van der Waals surface area contributed by atoms with E-state index in [1.807, 2.05) is 12.3 Å². The number of amides is 1. The molecule has 2 aliphatic carbocycles. The standard InChI is InChI=1S/C12H17N3OS.ClH/c1-6-5-17-12(14-6)15-11(16)9-7-2-3-8(4-7)10(9)13;/h5,7-10H,2-4,13H2,1H3,(H,14,15,16);1H. The Morgan fingerprint density at radius 2 is 2.22 bits per heavy atom. The summed E-state index contributed by atoms with van der Waals surface area (Å²) in [5, 5.41) is 5.55. The van der Waals surface area contributed by atoms with Crippen LogP contribution in [0.5, 0.6) is 0 Å². The first-order valence-electron chi connectivity index (χ1n) is 6.13. The summed E-state index contributed by atoms with van der Waals surface area (Å²) in [4.78, 5) is 16.5. The zero-order chi connectivity index (χ0) is 12.0. The molecule has 1 aromatic rings. The molecular weight excluding hydrogens is 270 g/mol. The minimum atomic E-state index is -0.00189. The van der Waals surface area contributed by atoms with E-state index in [4.69, 9.17) is 5.73 Å². The maximum Gasteiger partial charge on any atom is 0.231 e. The van der Waals surface area contributed by atoms with Crippen molar-refractivity contribution in [3.8, 4) is 0 Å². The van der Waals surface area contributed by atoms with Crippen molar-refractivity contribution < 1.29 is 4.79 Å². The molecule has 0 radical (unpaired) electrons. The number of aryl methyl sites for hydroxylation is 1. The molecule has 0 spiro atoms. The van der Waals surface area contributed by atoms with Gasteiger partial charge in [0.1, 0.15) is 0 Å². The largest absolute Gasteiger partial charge is 0.327 e. The van der Waals surface area contributed by atoms with Crippen LogP contribution >= 0.6 is 23.7 Å². The second-order valence-corrected chi connectivity index (χ2v) is 6.08. The van der Waals surface area contributed by atoms with Crippen molar-refractivity contribution in [2.24, 2.45) is 23.5 Å². The van der Waals surface area contributed by atoms with Crippen LogP contribution in [0, 0.1) is 24.7 Å². The lowest BCUT2D eigenvalue weighted by Gasteiger charge is -2.26. The third kappa shape index (κ3) is 2.27. The smallest absolute Gasteiger partial charge is 0.231 e. The highest BCUT2D eigenvalue weighted by Gasteiger charge is 2.49. The Labute approximate surface area is 117 Å². The Balaban J connectivity index is 0.00000120. The van der Waals surface area contributed by atoms with Gasteiger partial charge in [-0.2, -0.15) is 0 Å². The number of carbonyl (C=O) groups is 1. The molecule has 3 rings (SSSR count). The van der Waals surface area contributed by atoms with E-state index < -0.39 is 0 Å². The van der Waals surface area contributed by atoms with Crippen LogP contribution in [0.25, 0.3) is 0 Å². The minimum Gasteiger partial charge on any atom is -0.327 e. The van der Waals surface area contributed by atoms with E-state index in [2.05, 4.69) is 10.3 Å². The van der Waals surface area contributed by atoms with Gasteiger partial charge in [0.25, 0.3) is 0 Å². The molecule has 1 heterocycles. The topological polar surface area (TPSA) is 68.0 Å². The van der Waals surface area contributed by atoms with E-state index >= 15 is 0 Å². The van der Waals surface area contributed by atoms with Crippen LogP contribution in [0.2, 0.25) is 0 Å². The predicted molar refractivity (Wildman–Crippen MR) is 75.0 cm³/mol. The van der Waals surface area contributed by atoms with Gasteiger partial charge in [-0.15, -0.1) is 23.7 Å². The second kappa shape index (κ2) is 5.15. The minimum absolute atomic E-state index is 0. The fraction of sp³-hybridized carbons (Fsp3) is 0.667. The molecule has 3 N–H and O–H groups in total. The van der Waals surface area contributed by atoms with Gasteiger partial charge in [-0.3, -0.25) is 4.79 Å². The van der Waals surface area contributed by atoms with Gasteiger partial charge in [0, 0.05) is 11.4 Å². The van der Waals surface area contributed by atoms with Crippen molar-refractivity contribution in [3.05, 3.63) is 11.1 Å². The van der Waals surface area contributed by atoms with Gasteiger partial charge in [0.2, 0.25) is 5.91 Å². The molecule has 2 saturated carbocycles. The number of nitrogens with one attached hydrogen (secondary N) is 1. The van der Waals surface area contributed by atoms with E-state index in [-0.39, 0.29) is 30.3 Å². The van der Waals surface area contributed by atoms with Gasteiger partial charge in [-0.25, -0.2) is 4.98 Å². The number of rotatable bonds is 2. The molecule has 18 heavy (non-hydrogen) atoms. The third-order valence-electron chi connectivity index (χ3n) is 4.13. The number of carbonyl (C=O) groups excluding carboxylic acids is 1. The molecule has 6 heteroatoms. The molecule has 4 nitrogen and oxygen atoms in total. The van der Waals surface area contributed by atoms with Crippen molar-refractivity contribution in [2.45, 2.75) is 32.2 Å². The highest BCUT2D eigenvalue weighted by molar-refractivity contribution is 7.13. The molecule has 4 unspecified atom stereocenters. The number of nitrogens with zero attached hydrogens (tertiary/aromatic N) is 1. The van der Waals surface area contributed by atoms with Crippen LogP contribution in [0.1, 0.15) is 25.0 Å². The zero-order valence-electron chi connectivity index (χ0n) is 10.3. The summed E-state index contributed by atoms with van der Waals surface area (Å²) >= 11 is 1.47. The lowest BCUT2D eigenvalue weighted by Crippen LogP contribution is -2.42. The maximum atomic E-state index is 12.2. The number of nitrogens with two attached hydrogens (primary N) is 1. The Kier molecular flexibility index (Phi) is 3.94. The van der Waals surface area contributed by atoms with Crippen molar-refractivity contribution in [3.63, 3.8) is 0 Å². The van der Waals surface area contributed by atoms with E-state index in [1.54, 1.807) is 0 Å². The van der Waals surface area contributed by atoms with Crippen LogP contribution in [0.4, 0.5) is 5.13 Å². The number of halogens is 1. The molecular formula is C12H18ClN3OS. The van der Waals surface area contributed by atoms with E-state index in [1.165, 1.54) is 17.8 Å². The van der Waals surface area contributed by atoms with Crippen LogP contribution in [0.15, 0.2) is 5.38 Å². The van der Waals surface area contributed by atoms with E-state index in [0.717, 1.165) is 18.5 Å². The number of hydrogen-bond donors (Lipinski definition) is 2. The lowest BCUT2D eigenvalue weighted by molar-refractivity contribution is -0.121. The monoisotopic (exact) mass is 287 g/mol. The Morgan fingerprint density at radius 1 is 1.50 bits per heavy atom. The summed E-state index contributed by atoms with van der Waals surface area (Å²) in [6.07, 6.45) is 3.50. The number of aromatic nitrogens is 1. The van der Waals surface area contributed by atoms with Crippen molar-refractivity contribution in [2.75, 3.05) is 5.32 Å². The highest BCUT2D eigenvalue weighted by atomic mass is 35.5. The number of anilines is 1. The summed E-state index contributed by atoms with van der Waals surface area (Å²) in [6.45, 7) is 1.93. The summed E-state index contributed by atoms with van der Waals surface area (Å²) in [5.41, 5.74) is 7.09. The molecule has 0 aliphatic heterocycles. The van der Waals surface area contributed by atoms with Gasteiger partial charge in [0.05, 0.1) is 11.6 Å². The van der Waals surface area contributed by atoms with Crippen LogP contribution in [-0.4, -0.2) is 16.9 Å². The Hall–Kier alpha value is -0.650. The SMILES string of the molecule is Cc1csc(NC(=O)C2C3CCC(C3)C2N)n1.Cl. The normalized spacial score (nSPS) is 33.2. The zero-order valence-corrected chi connectivity index (χ0v) is 11.9. The van der Waals surface area contributed by atoms with Gasteiger partial charge in [0.15, 0.2) is 5.13 Å². The van der Waals surface area contributed by atoms with Gasteiger partial charge in [-0.05, 0) is 38.0 Å². The van der Waals surface area contributed by atoms with Crippen LogP contribution in [0.3, 0.4) is 0 Å². The summed E-state index contributed by atoms with van der Waals surface area (Å²) in [5.74, 6) is 1.13. The van der Waals surface area contributed by atoms with Crippen LogP contribution in [-0.2, 0) is 4.79 Å². The molecule has 2 aliphatic rings. The Bertz CT molecular complexity index is 448. The molecule has 0 aromatic carbocycles. The van der Waals surface area contributed by atoms with E-state index in [9.17, 15) is 4.79 Å². The lowest BCUT2D eigenvalue weighted by atomic mass is 9.84. The first-order valence-corrected chi connectivity index (χ1v) is 7.01. The Morgan fingerprint density at radius 3 is 2.78 bits per heavy atom. The third-order valence-corrected chi connectivity index (χ3v) is 5.01. The van der Waals surface area contributed by atoms with Crippen molar-refractivity contribution in [1.29, 1.82) is 0 Å². The summed E-state index contributed by atoms with van der Waals surface area (Å²) < 4.78 is 0. The summed E-state index contributed by atoms with van der Waals surface area (Å²) in [6, 6.07) is 0.0507.